The molecule has 0 heterocycles. The average molecular weight is 340 g/mol. The molecular formula is C15H12BrF2NO. The molecule has 0 spiro atoms. The molecule has 0 fully saturated rings. The van der Waals surface area contributed by atoms with Crippen molar-refractivity contribution in [3.05, 3.63) is 63.6 Å². The quantitative estimate of drug-likeness (QED) is 0.873. The van der Waals surface area contributed by atoms with Gasteiger partial charge in [-0.25, -0.2) is 8.78 Å². The monoisotopic (exact) mass is 339 g/mol. The van der Waals surface area contributed by atoms with Crippen LogP contribution in [0.1, 0.15) is 22.8 Å². The molecule has 1 N–H and O–H groups in total. The number of amides is 1. The van der Waals surface area contributed by atoms with Crippen molar-refractivity contribution in [2.24, 2.45) is 0 Å². The molecule has 0 aliphatic carbocycles. The van der Waals surface area contributed by atoms with Crippen molar-refractivity contribution in [2.75, 3.05) is 5.32 Å². The molecule has 0 aliphatic rings. The van der Waals surface area contributed by atoms with E-state index in [1.807, 2.05) is 13.0 Å². The van der Waals surface area contributed by atoms with E-state index < -0.39 is 23.1 Å². The Kier molecular flexibility index (Phi) is 4.49. The number of carbonyl (C=O) groups excluding carboxylic acids is 1. The summed E-state index contributed by atoms with van der Waals surface area (Å²) in [6.45, 7) is 1.93. The summed E-state index contributed by atoms with van der Waals surface area (Å²) in [7, 11) is 0. The van der Waals surface area contributed by atoms with Crippen LogP contribution in [0.5, 0.6) is 0 Å². The van der Waals surface area contributed by atoms with E-state index >= 15 is 0 Å². The van der Waals surface area contributed by atoms with Gasteiger partial charge in [0.25, 0.3) is 5.91 Å². The lowest BCUT2D eigenvalue weighted by Gasteiger charge is -2.11. The lowest BCUT2D eigenvalue weighted by molar-refractivity contribution is 0.101. The maximum atomic E-state index is 13.5. The summed E-state index contributed by atoms with van der Waals surface area (Å²) in [4.78, 5) is 12.0. The van der Waals surface area contributed by atoms with Gasteiger partial charge in [-0.1, -0.05) is 28.9 Å². The van der Waals surface area contributed by atoms with Crippen molar-refractivity contribution in [3.63, 3.8) is 0 Å². The molecule has 0 aromatic heterocycles. The molecule has 0 aliphatic heterocycles. The Hall–Kier alpha value is -1.75. The smallest absolute Gasteiger partial charge is 0.261 e. The summed E-state index contributed by atoms with van der Waals surface area (Å²) in [5, 5.41) is 2.55. The zero-order valence-corrected chi connectivity index (χ0v) is 12.3. The number of aryl methyl sites for hydroxylation is 1. The Bertz CT molecular complexity index is 638. The molecule has 2 aromatic carbocycles. The molecule has 0 radical (unpaired) electrons. The Morgan fingerprint density at radius 2 is 1.85 bits per heavy atom. The van der Waals surface area contributed by atoms with Crippen LogP contribution < -0.4 is 5.32 Å². The van der Waals surface area contributed by atoms with Crippen molar-refractivity contribution in [1.82, 2.24) is 0 Å². The Balaban J connectivity index is 2.33. The molecule has 0 atom stereocenters. The second-order valence-electron chi connectivity index (χ2n) is 4.21. The van der Waals surface area contributed by atoms with E-state index in [9.17, 15) is 13.6 Å². The molecule has 2 aromatic rings. The summed E-state index contributed by atoms with van der Waals surface area (Å²) in [6, 6.07) is 8.64. The fourth-order valence-electron chi connectivity index (χ4n) is 1.88. The summed E-state index contributed by atoms with van der Waals surface area (Å²) in [6.07, 6.45) is 0.689. The van der Waals surface area contributed by atoms with Crippen LogP contribution in [0, 0.1) is 11.6 Å². The molecule has 2 nitrogen and oxygen atoms in total. The van der Waals surface area contributed by atoms with Crippen LogP contribution in [-0.2, 0) is 6.42 Å². The molecule has 0 bridgehead atoms. The van der Waals surface area contributed by atoms with Gasteiger partial charge in [0.15, 0.2) is 0 Å². The number of hydrogen-bond acceptors (Lipinski definition) is 1. The maximum absolute atomic E-state index is 13.5. The predicted molar refractivity (Wildman–Crippen MR) is 77.8 cm³/mol. The Labute approximate surface area is 123 Å². The molecule has 104 valence electrons. The van der Waals surface area contributed by atoms with Gasteiger partial charge in [-0.15, -0.1) is 0 Å². The number of benzene rings is 2. The van der Waals surface area contributed by atoms with E-state index in [2.05, 4.69) is 21.2 Å². The number of hydrogen-bond donors (Lipinski definition) is 1. The SMILES string of the molecule is CCc1cc(Br)ccc1NC(=O)c1c(F)cccc1F. The van der Waals surface area contributed by atoms with Crippen LogP contribution in [0.2, 0.25) is 0 Å². The van der Waals surface area contributed by atoms with Crippen LogP contribution in [0.3, 0.4) is 0 Å². The van der Waals surface area contributed by atoms with Crippen molar-refractivity contribution in [2.45, 2.75) is 13.3 Å². The van der Waals surface area contributed by atoms with Crippen molar-refractivity contribution < 1.29 is 13.6 Å². The lowest BCUT2D eigenvalue weighted by atomic mass is 10.1. The second-order valence-corrected chi connectivity index (χ2v) is 5.12. The highest BCUT2D eigenvalue weighted by Gasteiger charge is 2.17. The minimum atomic E-state index is -0.877. The van der Waals surface area contributed by atoms with Crippen LogP contribution in [-0.4, -0.2) is 5.91 Å². The third-order valence-electron chi connectivity index (χ3n) is 2.89. The highest BCUT2D eigenvalue weighted by Crippen LogP contribution is 2.23. The highest BCUT2D eigenvalue weighted by atomic mass is 79.9. The molecule has 20 heavy (non-hydrogen) atoms. The zero-order chi connectivity index (χ0) is 14.7. The third-order valence-corrected chi connectivity index (χ3v) is 3.38. The lowest BCUT2D eigenvalue weighted by Crippen LogP contribution is -2.16. The molecule has 5 heteroatoms. The molecule has 1 amide bonds. The fourth-order valence-corrected chi connectivity index (χ4v) is 2.28. The molecular weight excluding hydrogens is 328 g/mol. The normalized spacial score (nSPS) is 10.4. The van der Waals surface area contributed by atoms with Crippen LogP contribution in [0.15, 0.2) is 40.9 Å². The van der Waals surface area contributed by atoms with Gasteiger partial charge in [0.05, 0.1) is 0 Å². The van der Waals surface area contributed by atoms with E-state index in [0.29, 0.717) is 12.1 Å². The first-order valence-corrected chi connectivity index (χ1v) is 6.86. The predicted octanol–water partition coefficient (Wildman–Crippen LogP) is 4.54. The largest absolute Gasteiger partial charge is 0.322 e. The van der Waals surface area contributed by atoms with E-state index in [4.69, 9.17) is 0 Å². The highest BCUT2D eigenvalue weighted by molar-refractivity contribution is 9.10. The summed E-state index contributed by atoms with van der Waals surface area (Å²) >= 11 is 3.34. The summed E-state index contributed by atoms with van der Waals surface area (Å²) in [5.74, 6) is -2.55. The minimum absolute atomic E-state index is 0.545. The zero-order valence-electron chi connectivity index (χ0n) is 10.7. The number of nitrogens with one attached hydrogen (secondary N) is 1. The van der Waals surface area contributed by atoms with E-state index in [0.717, 1.165) is 22.2 Å². The number of anilines is 1. The van der Waals surface area contributed by atoms with Gasteiger partial charge in [-0.2, -0.15) is 0 Å². The maximum Gasteiger partial charge on any atom is 0.261 e. The Morgan fingerprint density at radius 3 is 2.45 bits per heavy atom. The minimum Gasteiger partial charge on any atom is -0.322 e. The van der Waals surface area contributed by atoms with Crippen molar-refractivity contribution in [1.29, 1.82) is 0 Å². The third kappa shape index (κ3) is 3.04. The van der Waals surface area contributed by atoms with Gasteiger partial charge in [-0.3, -0.25) is 4.79 Å². The first-order chi connectivity index (χ1) is 9.52. The molecule has 0 unspecified atom stereocenters. The van der Waals surface area contributed by atoms with Gasteiger partial charge in [0.1, 0.15) is 17.2 Å². The summed E-state index contributed by atoms with van der Waals surface area (Å²) in [5.41, 5.74) is 0.852. The summed E-state index contributed by atoms with van der Waals surface area (Å²) < 4.78 is 28.0. The Morgan fingerprint density at radius 1 is 1.20 bits per heavy atom. The van der Waals surface area contributed by atoms with Gasteiger partial charge in [-0.05, 0) is 42.3 Å². The molecule has 0 saturated carbocycles. The van der Waals surface area contributed by atoms with Gasteiger partial charge in [0.2, 0.25) is 0 Å². The first-order valence-electron chi connectivity index (χ1n) is 6.06. The van der Waals surface area contributed by atoms with E-state index in [1.165, 1.54) is 6.07 Å². The number of halogens is 3. The topological polar surface area (TPSA) is 29.1 Å². The van der Waals surface area contributed by atoms with E-state index in [-0.39, 0.29) is 0 Å². The van der Waals surface area contributed by atoms with Gasteiger partial charge in [0, 0.05) is 10.2 Å². The van der Waals surface area contributed by atoms with Crippen molar-refractivity contribution in [3.8, 4) is 0 Å². The molecule has 0 saturated heterocycles. The van der Waals surface area contributed by atoms with Crippen LogP contribution >= 0.6 is 15.9 Å². The fraction of sp³-hybridized carbons (Fsp3) is 0.133. The number of carbonyl (C=O) groups is 1. The second kappa shape index (κ2) is 6.13. The number of rotatable bonds is 3. The van der Waals surface area contributed by atoms with Gasteiger partial charge >= 0.3 is 0 Å². The van der Waals surface area contributed by atoms with Gasteiger partial charge < -0.3 is 5.32 Å². The van der Waals surface area contributed by atoms with Crippen LogP contribution in [0.4, 0.5) is 14.5 Å². The van der Waals surface area contributed by atoms with E-state index in [1.54, 1.807) is 12.1 Å². The average Bonchev–Trinajstić information content (AvgIpc) is 2.40. The van der Waals surface area contributed by atoms with Crippen LogP contribution in [0.25, 0.3) is 0 Å². The molecule has 2 rings (SSSR count). The first kappa shape index (κ1) is 14.7. The standard InChI is InChI=1S/C15H12BrF2NO/c1-2-9-8-10(16)6-7-13(9)19-15(20)14-11(17)4-3-5-12(14)18/h3-8H,2H2,1H3,(H,19,20). The van der Waals surface area contributed by atoms with Crippen molar-refractivity contribution >= 4 is 27.5 Å².